The van der Waals surface area contributed by atoms with Gasteiger partial charge in [0.15, 0.2) is 5.96 Å². The number of halogens is 4. The number of hydrogen-bond donors (Lipinski definition) is 2. The summed E-state index contributed by atoms with van der Waals surface area (Å²) in [6.07, 6.45) is 1.56. The van der Waals surface area contributed by atoms with Crippen molar-refractivity contribution in [1.82, 2.24) is 10.6 Å². The molecule has 1 heterocycles. The van der Waals surface area contributed by atoms with Crippen molar-refractivity contribution in [3.05, 3.63) is 35.4 Å². The number of aliphatic imine (C=N–C) groups is 1. The van der Waals surface area contributed by atoms with Crippen LogP contribution in [0.15, 0.2) is 29.3 Å². The zero-order chi connectivity index (χ0) is 22.4. The molecule has 1 saturated carbocycles. The second-order valence-electron chi connectivity index (χ2n) is 8.85. The quantitative estimate of drug-likeness (QED) is 0.270. The maximum atomic E-state index is 13.3. The molecule has 0 radical (unpaired) electrons. The van der Waals surface area contributed by atoms with Crippen LogP contribution in [0.3, 0.4) is 0 Å². The molecule has 9 heteroatoms. The molecule has 1 saturated heterocycles. The van der Waals surface area contributed by atoms with Gasteiger partial charge < -0.3 is 20.1 Å². The number of benzene rings is 1. The normalized spacial score (nSPS) is 20.1. The van der Waals surface area contributed by atoms with Crippen LogP contribution in [0.2, 0.25) is 0 Å². The zero-order valence-electron chi connectivity index (χ0n) is 18.9. The van der Waals surface area contributed by atoms with Crippen molar-refractivity contribution in [2.75, 3.05) is 47.1 Å². The third-order valence-corrected chi connectivity index (χ3v) is 6.95. The Morgan fingerprint density at radius 1 is 1.12 bits per heavy atom. The van der Waals surface area contributed by atoms with Crippen LogP contribution in [0.1, 0.15) is 49.7 Å². The highest BCUT2D eigenvalue weighted by molar-refractivity contribution is 14.0. The fraction of sp³-hybridized carbons (Fsp3) is 0.696. The average molecular weight is 569 g/mol. The van der Waals surface area contributed by atoms with Gasteiger partial charge in [0, 0.05) is 52.5 Å². The lowest BCUT2D eigenvalue weighted by atomic mass is 9.67. The van der Waals surface area contributed by atoms with Gasteiger partial charge in [0.05, 0.1) is 5.56 Å². The second kappa shape index (κ2) is 11.9. The number of hydrogen-bond acceptors (Lipinski definition) is 3. The molecule has 2 fully saturated rings. The van der Waals surface area contributed by atoms with Crippen LogP contribution in [0.4, 0.5) is 13.2 Å². The maximum Gasteiger partial charge on any atom is 0.416 e. The summed E-state index contributed by atoms with van der Waals surface area (Å²) in [6.45, 7) is 3.12. The number of nitrogens with zero attached hydrogens (tertiary/aromatic N) is 1. The number of guanidine groups is 1. The molecule has 0 unspecified atom stereocenters. The molecule has 2 N–H and O–H groups in total. The minimum Gasteiger partial charge on any atom is -0.385 e. The zero-order valence-corrected chi connectivity index (χ0v) is 21.2. The number of methoxy groups -OCH3 is 1. The highest BCUT2D eigenvalue weighted by Crippen LogP contribution is 2.43. The molecular weight excluding hydrogens is 534 g/mol. The maximum absolute atomic E-state index is 13.3. The van der Waals surface area contributed by atoms with Crippen molar-refractivity contribution in [3.63, 3.8) is 0 Å². The van der Waals surface area contributed by atoms with E-state index in [1.807, 2.05) is 0 Å². The molecule has 0 aromatic heterocycles. The van der Waals surface area contributed by atoms with Crippen LogP contribution in [0, 0.1) is 5.41 Å². The van der Waals surface area contributed by atoms with E-state index in [0.717, 1.165) is 25.6 Å². The summed E-state index contributed by atoms with van der Waals surface area (Å²) in [5, 5.41) is 6.82. The van der Waals surface area contributed by atoms with E-state index < -0.39 is 17.2 Å². The van der Waals surface area contributed by atoms with Gasteiger partial charge in [-0.1, -0.05) is 24.6 Å². The molecule has 0 bridgehead atoms. The van der Waals surface area contributed by atoms with Crippen LogP contribution < -0.4 is 10.6 Å². The Labute approximate surface area is 205 Å². The van der Waals surface area contributed by atoms with Gasteiger partial charge in [0.25, 0.3) is 0 Å². The van der Waals surface area contributed by atoms with E-state index in [4.69, 9.17) is 9.47 Å². The first-order chi connectivity index (χ1) is 14.8. The molecular formula is C23H35F3IN3O2. The summed E-state index contributed by atoms with van der Waals surface area (Å²) in [7, 11) is 3.44. The summed E-state index contributed by atoms with van der Waals surface area (Å²) >= 11 is 0. The molecule has 1 aliphatic heterocycles. The van der Waals surface area contributed by atoms with Crippen molar-refractivity contribution in [1.29, 1.82) is 0 Å². The van der Waals surface area contributed by atoms with E-state index in [1.165, 1.54) is 31.4 Å². The minimum atomic E-state index is -4.35. The number of nitrogens with one attached hydrogen (secondary N) is 2. The van der Waals surface area contributed by atoms with Gasteiger partial charge in [0.1, 0.15) is 0 Å². The van der Waals surface area contributed by atoms with Crippen molar-refractivity contribution >= 4 is 29.9 Å². The Bertz CT molecular complexity index is 748. The Morgan fingerprint density at radius 3 is 2.38 bits per heavy atom. The Morgan fingerprint density at radius 2 is 1.81 bits per heavy atom. The van der Waals surface area contributed by atoms with E-state index in [9.17, 15) is 13.2 Å². The third-order valence-electron chi connectivity index (χ3n) is 6.95. The van der Waals surface area contributed by atoms with E-state index in [-0.39, 0.29) is 29.4 Å². The van der Waals surface area contributed by atoms with Crippen LogP contribution in [0.5, 0.6) is 0 Å². The van der Waals surface area contributed by atoms with Gasteiger partial charge in [-0.2, -0.15) is 13.2 Å². The number of rotatable bonds is 8. The molecule has 0 amide bonds. The molecule has 1 aromatic rings. The lowest BCUT2D eigenvalue weighted by Crippen LogP contribution is -2.51. The van der Waals surface area contributed by atoms with E-state index in [2.05, 4.69) is 15.6 Å². The highest BCUT2D eigenvalue weighted by atomic mass is 127. The lowest BCUT2D eigenvalue weighted by Gasteiger charge is -2.43. The molecule has 1 aromatic carbocycles. The Balaban J connectivity index is 0.00000363. The standard InChI is InChI=1S/C23H34F3N3O2.HI/c1-27-20(28-16-21(7-4-8-21)9-12-30-2)29-17-22(10-13-31-14-11-22)18-5-3-6-19(15-18)23(24,25)26;/h3,5-6,15H,4,7-14,16-17H2,1-2H3,(H2,27,28,29);1H. The number of ether oxygens (including phenoxy) is 2. The van der Waals surface area contributed by atoms with Crippen molar-refractivity contribution < 1.29 is 22.6 Å². The topological polar surface area (TPSA) is 54.9 Å². The Hall–Kier alpha value is -1.07. The summed E-state index contributed by atoms with van der Waals surface area (Å²) in [6, 6.07) is 5.71. The van der Waals surface area contributed by atoms with E-state index in [1.54, 1.807) is 20.2 Å². The molecule has 32 heavy (non-hydrogen) atoms. The Kier molecular flexibility index (Phi) is 10.1. The van der Waals surface area contributed by atoms with Crippen molar-refractivity contribution in [3.8, 4) is 0 Å². The predicted molar refractivity (Wildman–Crippen MR) is 131 cm³/mol. The van der Waals surface area contributed by atoms with Gasteiger partial charge in [-0.3, -0.25) is 4.99 Å². The molecule has 5 nitrogen and oxygen atoms in total. The summed E-state index contributed by atoms with van der Waals surface area (Å²) < 4.78 is 50.7. The third kappa shape index (κ3) is 6.72. The highest BCUT2D eigenvalue weighted by Gasteiger charge is 2.39. The fourth-order valence-corrected chi connectivity index (χ4v) is 4.61. The molecule has 2 aliphatic rings. The van der Waals surface area contributed by atoms with Gasteiger partial charge in [-0.15, -0.1) is 24.0 Å². The van der Waals surface area contributed by atoms with Crippen LogP contribution >= 0.6 is 24.0 Å². The lowest BCUT2D eigenvalue weighted by molar-refractivity contribution is -0.137. The molecule has 0 atom stereocenters. The average Bonchev–Trinajstić information content (AvgIpc) is 2.75. The first kappa shape index (κ1) is 27.2. The monoisotopic (exact) mass is 569 g/mol. The van der Waals surface area contributed by atoms with Crippen LogP contribution in [-0.4, -0.2) is 53.0 Å². The van der Waals surface area contributed by atoms with Crippen LogP contribution in [0.25, 0.3) is 0 Å². The van der Waals surface area contributed by atoms with Gasteiger partial charge in [-0.25, -0.2) is 0 Å². The largest absolute Gasteiger partial charge is 0.416 e. The van der Waals surface area contributed by atoms with Gasteiger partial charge >= 0.3 is 6.18 Å². The second-order valence-corrected chi connectivity index (χ2v) is 8.85. The molecule has 0 spiro atoms. The van der Waals surface area contributed by atoms with Crippen molar-refractivity contribution in [2.45, 2.75) is 50.1 Å². The van der Waals surface area contributed by atoms with Gasteiger partial charge in [-0.05, 0) is 49.1 Å². The van der Waals surface area contributed by atoms with Crippen molar-refractivity contribution in [2.24, 2.45) is 10.4 Å². The molecule has 182 valence electrons. The predicted octanol–water partition coefficient (Wildman–Crippen LogP) is 4.74. The summed E-state index contributed by atoms with van der Waals surface area (Å²) in [5.41, 5.74) is -0.0978. The molecule has 3 rings (SSSR count). The van der Waals surface area contributed by atoms with Gasteiger partial charge in [0.2, 0.25) is 0 Å². The minimum absolute atomic E-state index is 0. The first-order valence-corrected chi connectivity index (χ1v) is 11.0. The smallest absolute Gasteiger partial charge is 0.385 e. The fourth-order valence-electron chi connectivity index (χ4n) is 4.61. The number of alkyl halides is 3. The summed E-state index contributed by atoms with van der Waals surface area (Å²) in [5.74, 6) is 0.682. The first-order valence-electron chi connectivity index (χ1n) is 11.0. The van der Waals surface area contributed by atoms with E-state index in [0.29, 0.717) is 44.1 Å². The van der Waals surface area contributed by atoms with Crippen LogP contribution in [-0.2, 0) is 21.1 Å². The van der Waals surface area contributed by atoms with E-state index >= 15 is 0 Å². The SMILES string of the molecule is CN=C(NCC1(CCOC)CCC1)NCC1(c2cccc(C(F)(F)F)c2)CCOCC1.I. The summed E-state index contributed by atoms with van der Waals surface area (Å²) in [4.78, 5) is 4.35. The molecule has 1 aliphatic carbocycles.